The van der Waals surface area contributed by atoms with Crippen LogP contribution in [0.5, 0.6) is 5.75 Å². The fourth-order valence-electron chi connectivity index (χ4n) is 2.01. The lowest BCUT2D eigenvalue weighted by molar-refractivity contribution is -0.114. The molecule has 2 aromatic rings. The van der Waals surface area contributed by atoms with E-state index < -0.39 is 0 Å². The largest absolute Gasteiger partial charge is 0.496 e. The summed E-state index contributed by atoms with van der Waals surface area (Å²) in [6.07, 6.45) is 0.775. The molecule has 0 heterocycles. The number of carbonyl (C=O) groups excluding carboxylic acids is 1. The molecule has 0 saturated carbocycles. The molecule has 0 saturated heterocycles. The van der Waals surface area contributed by atoms with E-state index in [-0.39, 0.29) is 5.91 Å². The van der Waals surface area contributed by atoms with Crippen molar-refractivity contribution >= 4 is 11.6 Å². The van der Waals surface area contributed by atoms with E-state index in [1.54, 1.807) is 7.11 Å². The van der Waals surface area contributed by atoms with Gasteiger partial charge in [0, 0.05) is 24.6 Å². The number of amides is 1. The van der Waals surface area contributed by atoms with E-state index in [0.717, 1.165) is 23.4 Å². The first kappa shape index (κ1) is 13.1. The van der Waals surface area contributed by atoms with Crippen LogP contribution in [0.1, 0.15) is 18.1 Å². The molecule has 2 rings (SSSR count). The van der Waals surface area contributed by atoms with E-state index in [1.807, 2.05) is 36.4 Å². The third-order valence-corrected chi connectivity index (χ3v) is 2.84. The minimum absolute atomic E-state index is 0.0733. The number of rotatable bonds is 4. The van der Waals surface area contributed by atoms with E-state index in [4.69, 9.17) is 4.74 Å². The second-order valence-corrected chi connectivity index (χ2v) is 4.37. The van der Waals surface area contributed by atoms with Crippen LogP contribution in [0.2, 0.25) is 0 Å². The number of carbonyl (C=O) groups is 1. The first-order valence-corrected chi connectivity index (χ1v) is 6.17. The number of benzene rings is 2. The SMILES string of the molecule is COc1ccc(NC(C)=O)cc1Cc1ccccc1. The van der Waals surface area contributed by atoms with E-state index >= 15 is 0 Å². The highest BCUT2D eigenvalue weighted by Gasteiger charge is 2.06. The summed E-state index contributed by atoms with van der Waals surface area (Å²) in [5, 5.41) is 2.79. The van der Waals surface area contributed by atoms with Crippen molar-refractivity contribution in [2.45, 2.75) is 13.3 Å². The predicted octanol–water partition coefficient (Wildman–Crippen LogP) is 3.24. The topological polar surface area (TPSA) is 38.3 Å². The number of nitrogens with one attached hydrogen (secondary N) is 1. The van der Waals surface area contributed by atoms with Gasteiger partial charge in [0.2, 0.25) is 5.91 Å². The molecule has 0 fully saturated rings. The van der Waals surface area contributed by atoms with Gasteiger partial charge >= 0.3 is 0 Å². The number of hydrogen-bond donors (Lipinski definition) is 1. The molecule has 0 aliphatic heterocycles. The van der Waals surface area contributed by atoms with Gasteiger partial charge in [0.25, 0.3) is 0 Å². The van der Waals surface area contributed by atoms with Gasteiger partial charge in [0.1, 0.15) is 5.75 Å². The summed E-state index contributed by atoms with van der Waals surface area (Å²) in [5.41, 5.74) is 3.06. The van der Waals surface area contributed by atoms with Crippen LogP contribution < -0.4 is 10.1 Å². The van der Waals surface area contributed by atoms with Crippen molar-refractivity contribution in [3.05, 3.63) is 59.7 Å². The Morgan fingerprint density at radius 2 is 1.89 bits per heavy atom. The van der Waals surface area contributed by atoms with Gasteiger partial charge in [-0.2, -0.15) is 0 Å². The standard InChI is InChI=1S/C16H17NO2/c1-12(18)17-15-8-9-16(19-2)14(11-15)10-13-6-4-3-5-7-13/h3-9,11H,10H2,1-2H3,(H,17,18). The molecule has 0 unspecified atom stereocenters. The summed E-state index contributed by atoms with van der Waals surface area (Å²) in [6, 6.07) is 15.8. The Labute approximate surface area is 113 Å². The quantitative estimate of drug-likeness (QED) is 0.910. The maximum absolute atomic E-state index is 11.1. The molecule has 1 N–H and O–H groups in total. The number of ether oxygens (including phenoxy) is 1. The Balaban J connectivity index is 2.28. The molecule has 0 radical (unpaired) electrons. The van der Waals surface area contributed by atoms with Crippen LogP contribution in [0.25, 0.3) is 0 Å². The monoisotopic (exact) mass is 255 g/mol. The van der Waals surface area contributed by atoms with Gasteiger partial charge in [0.15, 0.2) is 0 Å². The average molecular weight is 255 g/mol. The molecule has 3 nitrogen and oxygen atoms in total. The van der Waals surface area contributed by atoms with Gasteiger partial charge < -0.3 is 10.1 Å². The highest BCUT2D eigenvalue weighted by atomic mass is 16.5. The van der Waals surface area contributed by atoms with Crippen LogP contribution in [0.3, 0.4) is 0 Å². The molecule has 0 aromatic heterocycles. The molecule has 0 aliphatic carbocycles. The highest BCUT2D eigenvalue weighted by Crippen LogP contribution is 2.25. The van der Waals surface area contributed by atoms with Crippen LogP contribution >= 0.6 is 0 Å². The van der Waals surface area contributed by atoms with Crippen molar-refractivity contribution in [2.24, 2.45) is 0 Å². The highest BCUT2D eigenvalue weighted by molar-refractivity contribution is 5.88. The minimum atomic E-state index is -0.0733. The van der Waals surface area contributed by atoms with Crippen molar-refractivity contribution < 1.29 is 9.53 Å². The summed E-state index contributed by atoms with van der Waals surface area (Å²) in [5.74, 6) is 0.758. The Morgan fingerprint density at radius 3 is 2.53 bits per heavy atom. The molecule has 0 aliphatic rings. The van der Waals surface area contributed by atoms with Crippen LogP contribution in [-0.2, 0) is 11.2 Å². The summed E-state index contributed by atoms with van der Waals surface area (Å²) in [7, 11) is 1.65. The second kappa shape index (κ2) is 6.05. The Bertz CT molecular complexity index is 564. The molecular weight excluding hydrogens is 238 g/mol. The van der Waals surface area contributed by atoms with Crippen molar-refractivity contribution in [1.82, 2.24) is 0 Å². The Hall–Kier alpha value is -2.29. The smallest absolute Gasteiger partial charge is 0.221 e. The number of anilines is 1. The third kappa shape index (κ3) is 3.58. The van der Waals surface area contributed by atoms with E-state index in [2.05, 4.69) is 17.4 Å². The second-order valence-electron chi connectivity index (χ2n) is 4.37. The van der Waals surface area contributed by atoms with Crippen molar-refractivity contribution in [3.63, 3.8) is 0 Å². The zero-order valence-electron chi connectivity index (χ0n) is 11.1. The molecule has 0 bridgehead atoms. The molecule has 19 heavy (non-hydrogen) atoms. The van der Waals surface area contributed by atoms with Gasteiger partial charge in [-0.1, -0.05) is 30.3 Å². The van der Waals surface area contributed by atoms with Crippen LogP contribution in [0, 0.1) is 0 Å². The zero-order valence-corrected chi connectivity index (χ0v) is 11.1. The average Bonchev–Trinajstić information content (AvgIpc) is 2.39. The van der Waals surface area contributed by atoms with Crippen LogP contribution in [0.15, 0.2) is 48.5 Å². The zero-order chi connectivity index (χ0) is 13.7. The van der Waals surface area contributed by atoms with Gasteiger partial charge in [-0.3, -0.25) is 4.79 Å². The molecular formula is C16H17NO2. The van der Waals surface area contributed by atoms with Gasteiger partial charge in [0.05, 0.1) is 7.11 Å². The summed E-state index contributed by atoms with van der Waals surface area (Å²) < 4.78 is 5.36. The number of methoxy groups -OCH3 is 1. The third-order valence-electron chi connectivity index (χ3n) is 2.84. The summed E-state index contributed by atoms with van der Waals surface area (Å²) >= 11 is 0. The lowest BCUT2D eigenvalue weighted by Crippen LogP contribution is -2.06. The lowest BCUT2D eigenvalue weighted by Gasteiger charge is -2.11. The lowest BCUT2D eigenvalue weighted by atomic mass is 10.0. The van der Waals surface area contributed by atoms with E-state index in [9.17, 15) is 4.79 Å². The Kier molecular flexibility index (Phi) is 4.18. The van der Waals surface area contributed by atoms with Crippen molar-refractivity contribution in [3.8, 4) is 5.75 Å². The van der Waals surface area contributed by atoms with Crippen molar-refractivity contribution in [1.29, 1.82) is 0 Å². The van der Waals surface area contributed by atoms with Crippen LogP contribution in [0.4, 0.5) is 5.69 Å². The van der Waals surface area contributed by atoms with E-state index in [0.29, 0.717) is 0 Å². The van der Waals surface area contributed by atoms with E-state index in [1.165, 1.54) is 12.5 Å². The first-order chi connectivity index (χ1) is 9.19. The fourth-order valence-corrected chi connectivity index (χ4v) is 2.01. The van der Waals surface area contributed by atoms with Crippen LogP contribution in [-0.4, -0.2) is 13.0 Å². The van der Waals surface area contributed by atoms with Crippen molar-refractivity contribution in [2.75, 3.05) is 12.4 Å². The molecule has 2 aromatic carbocycles. The van der Waals surface area contributed by atoms with Gasteiger partial charge in [-0.25, -0.2) is 0 Å². The normalized spacial score (nSPS) is 10.0. The van der Waals surface area contributed by atoms with Gasteiger partial charge in [-0.05, 0) is 23.8 Å². The van der Waals surface area contributed by atoms with Gasteiger partial charge in [-0.15, -0.1) is 0 Å². The molecule has 0 spiro atoms. The Morgan fingerprint density at radius 1 is 1.16 bits per heavy atom. The fraction of sp³-hybridized carbons (Fsp3) is 0.188. The molecule has 3 heteroatoms. The first-order valence-electron chi connectivity index (χ1n) is 6.17. The predicted molar refractivity (Wildman–Crippen MR) is 76.5 cm³/mol. The number of hydrogen-bond acceptors (Lipinski definition) is 2. The summed E-state index contributed by atoms with van der Waals surface area (Å²) in [6.45, 7) is 1.50. The molecule has 1 amide bonds. The maximum Gasteiger partial charge on any atom is 0.221 e. The molecule has 0 atom stereocenters. The maximum atomic E-state index is 11.1. The minimum Gasteiger partial charge on any atom is -0.496 e. The summed E-state index contributed by atoms with van der Waals surface area (Å²) in [4.78, 5) is 11.1. The molecule has 98 valence electrons.